The van der Waals surface area contributed by atoms with Gasteiger partial charge in [-0.3, -0.25) is 0 Å². The van der Waals surface area contributed by atoms with Gasteiger partial charge in [0.2, 0.25) is 0 Å². The average Bonchev–Trinajstić information content (AvgIpc) is 2.99. The molecule has 2 aromatic carbocycles. The molecule has 0 saturated carbocycles. The number of fused-ring (bicyclic) bond motifs is 3. The highest BCUT2D eigenvalue weighted by Gasteiger charge is 2.43. The first-order chi connectivity index (χ1) is 12.6. The summed E-state index contributed by atoms with van der Waals surface area (Å²) < 4.78 is 18.8. The van der Waals surface area contributed by atoms with E-state index in [2.05, 4.69) is 15.5 Å². The molecule has 2 unspecified atom stereocenters. The molecule has 2 atom stereocenters. The van der Waals surface area contributed by atoms with Gasteiger partial charge in [0.25, 0.3) is 0 Å². The van der Waals surface area contributed by atoms with Crippen LogP contribution in [0.4, 0.5) is 15.8 Å². The first-order valence-corrected chi connectivity index (χ1v) is 8.64. The molecule has 0 bridgehead atoms. The number of carbonyl (C=O) groups is 1. The van der Waals surface area contributed by atoms with Crippen LogP contribution in [0, 0.1) is 5.82 Å². The quantitative estimate of drug-likeness (QED) is 0.827. The molecule has 2 heterocycles. The van der Waals surface area contributed by atoms with E-state index in [1.165, 1.54) is 12.1 Å². The van der Waals surface area contributed by atoms with Crippen LogP contribution in [0.5, 0.6) is 0 Å². The maximum atomic E-state index is 13.5. The van der Waals surface area contributed by atoms with Crippen molar-refractivity contribution in [3.8, 4) is 0 Å². The third-order valence-electron chi connectivity index (χ3n) is 4.74. The van der Waals surface area contributed by atoms with Gasteiger partial charge in [-0.2, -0.15) is 0 Å². The number of para-hydroxylation sites is 2. The summed E-state index contributed by atoms with van der Waals surface area (Å²) in [6.07, 6.45) is -0.194. The maximum Gasteiger partial charge on any atom is 0.338 e. The van der Waals surface area contributed by atoms with Crippen molar-refractivity contribution in [2.45, 2.75) is 26.2 Å². The molecule has 0 saturated heterocycles. The molecule has 0 fully saturated rings. The van der Waals surface area contributed by atoms with E-state index in [9.17, 15) is 9.18 Å². The number of carbonyl (C=O) groups excluding carboxylic acids is 1. The second-order valence-corrected chi connectivity index (χ2v) is 6.33. The Balaban J connectivity index is 1.87. The van der Waals surface area contributed by atoms with Gasteiger partial charge in [0.15, 0.2) is 6.29 Å². The monoisotopic (exact) mass is 353 g/mol. The molecule has 2 aliphatic heterocycles. The zero-order valence-corrected chi connectivity index (χ0v) is 14.6. The van der Waals surface area contributed by atoms with Gasteiger partial charge in [0.1, 0.15) is 5.82 Å². The lowest BCUT2D eigenvalue weighted by molar-refractivity contribution is -0.139. The molecule has 2 aromatic rings. The zero-order chi connectivity index (χ0) is 18.3. The van der Waals surface area contributed by atoms with Gasteiger partial charge >= 0.3 is 5.97 Å². The van der Waals surface area contributed by atoms with Crippen molar-refractivity contribution in [3.05, 3.63) is 71.2 Å². The third-order valence-corrected chi connectivity index (χ3v) is 4.74. The predicted octanol–water partition coefficient (Wildman–Crippen LogP) is 3.52. The Hall–Kier alpha value is -3.02. The predicted molar refractivity (Wildman–Crippen MR) is 97.9 cm³/mol. The number of esters is 1. The van der Waals surface area contributed by atoms with Gasteiger partial charge in [0, 0.05) is 5.70 Å². The Labute approximate surface area is 151 Å². The van der Waals surface area contributed by atoms with E-state index in [0.717, 1.165) is 22.6 Å². The number of nitrogens with one attached hydrogen (secondary N) is 2. The molecule has 4 rings (SSSR count). The highest BCUT2D eigenvalue weighted by molar-refractivity contribution is 5.93. The van der Waals surface area contributed by atoms with E-state index in [1.807, 2.05) is 31.2 Å². The van der Waals surface area contributed by atoms with E-state index in [4.69, 9.17) is 4.74 Å². The Morgan fingerprint density at radius 3 is 2.62 bits per heavy atom. The number of halogens is 1. The van der Waals surface area contributed by atoms with Crippen molar-refractivity contribution in [2.24, 2.45) is 0 Å². The van der Waals surface area contributed by atoms with Crippen LogP contribution in [0.25, 0.3) is 0 Å². The molecule has 6 heteroatoms. The second kappa shape index (κ2) is 6.37. The van der Waals surface area contributed by atoms with Crippen LogP contribution in [0.2, 0.25) is 0 Å². The Bertz CT molecular complexity index is 879. The summed E-state index contributed by atoms with van der Waals surface area (Å²) in [4.78, 5) is 14.8. The molecule has 0 spiro atoms. The summed E-state index contributed by atoms with van der Waals surface area (Å²) in [6, 6.07) is 13.8. The number of hydrogen-bond acceptors (Lipinski definition) is 5. The molecule has 0 radical (unpaired) electrons. The third kappa shape index (κ3) is 2.58. The van der Waals surface area contributed by atoms with Crippen molar-refractivity contribution < 1.29 is 13.9 Å². The summed E-state index contributed by atoms with van der Waals surface area (Å²) in [5, 5.41) is 6.77. The van der Waals surface area contributed by atoms with E-state index >= 15 is 0 Å². The van der Waals surface area contributed by atoms with Crippen molar-refractivity contribution >= 4 is 17.3 Å². The van der Waals surface area contributed by atoms with Gasteiger partial charge in [-0.25, -0.2) is 9.18 Å². The van der Waals surface area contributed by atoms with Gasteiger partial charge in [0.05, 0.1) is 29.6 Å². The number of ether oxygens (including phenoxy) is 1. The van der Waals surface area contributed by atoms with Crippen LogP contribution in [-0.2, 0) is 9.53 Å². The molecule has 2 aliphatic rings. The summed E-state index contributed by atoms with van der Waals surface area (Å²) in [7, 11) is 0. The minimum atomic E-state index is -0.378. The largest absolute Gasteiger partial charge is 0.463 e. The average molecular weight is 353 g/mol. The van der Waals surface area contributed by atoms with E-state index in [-0.39, 0.29) is 24.1 Å². The normalized spacial score (nSPS) is 20.8. The molecule has 0 aliphatic carbocycles. The molecule has 0 amide bonds. The maximum absolute atomic E-state index is 13.5. The van der Waals surface area contributed by atoms with Crippen molar-refractivity contribution in [2.75, 3.05) is 16.8 Å². The minimum Gasteiger partial charge on any atom is -0.463 e. The summed E-state index contributed by atoms with van der Waals surface area (Å²) in [5.41, 5.74) is 4.08. The molecule has 26 heavy (non-hydrogen) atoms. The van der Waals surface area contributed by atoms with Gasteiger partial charge in [-0.05, 0) is 43.7 Å². The minimum absolute atomic E-state index is 0.194. The fourth-order valence-corrected chi connectivity index (χ4v) is 3.64. The fourth-order valence-electron chi connectivity index (χ4n) is 3.64. The summed E-state index contributed by atoms with van der Waals surface area (Å²) in [5.74, 6) is -0.674. The van der Waals surface area contributed by atoms with Crippen molar-refractivity contribution in [1.29, 1.82) is 0 Å². The topological polar surface area (TPSA) is 53.6 Å². The fraction of sp³-hybridized carbons (Fsp3) is 0.250. The summed E-state index contributed by atoms with van der Waals surface area (Å²) >= 11 is 0. The van der Waals surface area contributed by atoms with Crippen LogP contribution in [0.1, 0.15) is 25.5 Å². The first-order valence-electron chi connectivity index (χ1n) is 8.64. The Morgan fingerprint density at radius 2 is 1.88 bits per heavy atom. The SMILES string of the molecule is CCOC(=O)C1=C(C)NC2Nc3ccccc3N2C1c1ccc(F)cc1. The van der Waals surface area contributed by atoms with Crippen molar-refractivity contribution in [3.63, 3.8) is 0 Å². The molecule has 5 nitrogen and oxygen atoms in total. The lowest BCUT2D eigenvalue weighted by Crippen LogP contribution is -2.53. The van der Waals surface area contributed by atoms with Crippen LogP contribution in [0.15, 0.2) is 59.8 Å². The number of hydrogen-bond donors (Lipinski definition) is 2. The van der Waals surface area contributed by atoms with Crippen molar-refractivity contribution in [1.82, 2.24) is 5.32 Å². The van der Waals surface area contributed by atoms with Crippen LogP contribution >= 0.6 is 0 Å². The van der Waals surface area contributed by atoms with Crippen LogP contribution in [-0.4, -0.2) is 18.9 Å². The molecular formula is C20H20FN3O2. The Morgan fingerprint density at radius 1 is 1.15 bits per heavy atom. The van der Waals surface area contributed by atoms with Gasteiger partial charge in [-0.15, -0.1) is 0 Å². The summed E-state index contributed by atoms with van der Waals surface area (Å²) in [6.45, 7) is 3.95. The number of nitrogens with zero attached hydrogens (tertiary/aromatic N) is 1. The van der Waals surface area contributed by atoms with Gasteiger partial charge in [-0.1, -0.05) is 24.3 Å². The lowest BCUT2D eigenvalue weighted by atomic mass is 9.93. The molecular weight excluding hydrogens is 333 g/mol. The van der Waals surface area contributed by atoms with E-state index in [0.29, 0.717) is 12.2 Å². The smallest absolute Gasteiger partial charge is 0.338 e. The number of benzene rings is 2. The first kappa shape index (κ1) is 16.4. The standard InChI is InChI=1S/C20H20FN3O2/c1-3-26-19(25)17-12(2)22-20-23-15-6-4-5-7-16(15)24(20)18(17)13-8-10-14(21)11-9-13/h4-11,18,20,22-23H,3H2,1-2H3. The number of rotatable bonds is 3. The van der Waals surface area contributed by atoms with Gasteiger partial charge < -0.3 is 20.3 Å². The highest BCUT2D eigenvalue weighted by atomic mass is 19.1. The molecule has 2 N–H and O–H groups in total. The molecule has 134 valence electrons. The van der Waals surface area contributed by atoms with Crippen LogP contribution < -0.4 is 15.5 Å². The number of anilines is 2. The van der Waals surface area contributed by atoms with E-state index < -0.39 is 0 Å². The highest BCUT2D eigenvalue weighted by Crippen LogP contribution is 2.45. The second-order valence-electron chi connectivity index (χ2n) is 6.33. The lowest BCUT2D eigenvalue weighted by Gasteiger charge is -2.41. The van der Waals surface area contributed by atoms with Crippen LogP contribution in [0.3, 0.4) is 0 Å². The Kier molecular flexibility index (Phi) is 4.03. The zero-order valence-electron chi connectivity index (χ0n) is 14.6. The number of allylic oxidation sites excluding steroid dienone is 1. The molecule has 0 aromatic heterocycles. The van der Waals surface area contributed by atoms with E-state index in [1.54, 1.807) is 19.1 Å².